The van der Waals surface area contributed by atoms with Crippen LogP contribution >= 0.6 is 24.0 Å². The number of hydrogen-bond donors (Lipinski definition) is 2. The number of guanidine groups is 1. The normalized spacial score (nSPS) is 17.2. The van der Waals surface area contributed by atoms with Gasteiger partial charge >= 0.3 is 0 Å². The van der Waals surface area contributed by atoms with Gasteiger partial charge in [-0.2, -0.15) is 5.10 Å². The summed E-state index contributed by atoms with van der Waals surface area (Å²) in [6.07, 6.45) is 2.33. The molecule has 1 saturated heterocycles. The van der Waals surface area contributed by atoms with E-state index >= 15 is 0 Å². The van der Waals surface area contributed by atoms with Gasteiger partial charge in [0.1, 0.15) is 23.8 Å². The molecule has 1 aromatic carbocycles. The van der Waals surface area contributed by atoms with Crippen LogP contribution in [0.5, 0.6) is 0 Å². The van der Waals surface area contributed by atoms with Crippen LogP contribution in [0.15, 0.2) is 29.5 Å². The molecule has 26 heavy (non-hydrogen) atoms. The van der Waals surface area contributed by atoms with Crippen LogP contribution in [0.1, 0.15) is 12.2 Å². The number of hydrogen-bond acceptors (Lipinski definition) is 4. The standard InChI is InChI=1S/C16H21F2N7.HI/c1-19-16(20-8-15-21-10-22-24(15)2)23-12-5-6-25(9-12)14-4-3-11(17)7-13(14)18;/h3-4,7,10,12H,5-6,8-9H2,1-2H3,(H2,19,20,23);1H. The highest BCUT2D eigenvalue weighted by Gasteiger charge is 2.25. The van der Waals surface area contributed by atoms with Gasteiger partial charge in [0, 0.05) is 39.3 Å². The number of aryl methyl sites for hydroxylation is 1. The number of nitrogens with one attached hydrogen (secondary N) is 2. The Balaban J connectivity index is 0.00000243. The van der Waals surface area contributed by atoms with Crippen LogP contribution in [0.3, 0.4) is 0 Å². The van der Waals surface area contributed by atoms with Crippen LogP contribution in [-0.2, 0) is 13.6 Å². The fourth-order valence-electron chi connectivity index (χ4n) is 2.87. The zero-order valence-electron chi connectivity index (χ0n) is 14.6. The molecule has 0 spiro atoms. The van der Waals surface area contributed by atoms with E-state index in [9.17, 15) is 8.78 Å². The molecule has 3 rings (SSSR count). The lowest BCUT2D eigenvalue weighted by Crippen LogP contribution is -2.44. The largest absolute Gasteiger partial charge is 0.367 e. The van der Waals surface area contributed by atoms with Gasteiger partial charge in [-0.25, -0.2) is 13.8 Å². The molecule has 0 saturated carbocycles. The highest BCUT2D eigenvalue weighted by atomic mass is 127. The molecule has 0 bridgehead atoms. The van der Waals surface area contributed by atoms with Gasteiger partial charge in [-0.05, 0) is 18.6 Å². The molecule has 1 aliphatic rings. The first kappa shape index (κ1) is 20.3. The molecule has 1 fully saturated rings. The van der Waals surface area contributed by atoms with Crippen molar-refractivity contribution in [3.8, 4) is 0 Å². The maximum Gasteiger partial charge on any atom is 0.191 e. The molecule has 2 heterocycles. The average Bonchev–Trinajstić information content (AvgIpc) is 3.20. The zero-order chi connectivity index (χ0) is 17.8. The molecule has 1 atom stereocenters. The molecule has 1 aromatic heterocycles. The average molecular weight is 477 g/mol. The molecule has 10 heteroatoms. The Kier molecular flexibility index (Phi) is 7.12. The third-order valence-electron chi connectivity index (χ3n) is 4.22. The molecular formula is C16H22F2IN7. The fraction of sp³-hybridized carbons (Fsp3) is 0.438. The number of aromatic nitrogens is 3. The van der Waals surface area contributed by atoms with E-state index in [1.165, 1.54) is 18.5 Å². The van der Waals surface area contributed by atoms with Crippen molar-refractivity contribution in [1.82, 2.24) is 25.4 Å². The van der Waals surface area contributed by atoms with E-state index in [2.05, 4.69) is 25.7 Å². The van der Waals surface area contributed by atoms with Gasteiger partial charge in [0.2, 0.25) is 0 Å². The van der Waals surface area contributed by atoms with E-state index in [-0.39, 0.29) is 30.0 Å². The minimum absolute atomic E-state index is 0. The fourth-order valence-corrected chi connectivity index (χ4v) is 2.87. The van der Waals surface area contributed by atoms with Gasteiger partial charge in [0.05, 0.1) is 12.2 Å². The maximum absolute atomic E-state index is 13.9. The van der Waals surface area contributed by atoms with E-state index < -0.39 is 11.6 Å². The van der Waals surface area contributed by atoms with Gasteiger partial charge in [0.15, 0.2) is 5.96 Å². The maximum atomic E-state index is 13.9. The predicted molar refractivity (Wildman–Crippen MR) is 107 cm³/mol. The number of anilines is 1. The summed E-state index contributed by atoms with van der Waals surface area (Å²) in [4.78, 5) is 10.3. The van der Waals surface area contributed by atoms with Gasteiger partial charge in [-0.3, -0.25) is 9.67 Å². The van der Waals surface area contributed by atoms with E-state index in [0.717, 1.165) is 18.3 Å². The molecule has 2 N–H and O–H groups in total. The summed E-state index contributed by atoms with van der Waals surface area (Å²) in [5, 5.41) is 10.5. The highest BCUT2D eigenvalue weighted by molar-refractivity contribution is 14.0. The van der Waals surface area contributed by atoms with Crippen LogP contribution in [0.2, 0.25) is 0 Å². The molecule has 0 amide bonds. The van der Waals surface area contributed by atoms with Gasteiger partial charge in [-0.15, -0.1) is 24.0 Å². The number of benzene rings is 1. The third kappa shape index (κ3) is 4.80. The second kappa shape index (κ2) is 9.10. The molecule has 7 nitrogen and oxygen atoms in total. The number of rotatable bonds is 4. The van der Waals surface area contributed by atoms with Gasteiger partial charge in [-0.1, -0.05) is 0 Å². The first-order valence-electron chi connectivity index (χ1n) is 8.07. The van der Waals surface area contributed by atoms with E-state index in [4.69, 9.17) is 0 Å². The lowest BCUT2D eigenvalue weighted by Gasteiger charge is -2.20. The highest BCUT2D eigenvalue weighted by Crippen LogP contribution is 2.24. The SMILES string of the molecule is CN=C(NCc1ncnn1C)NC1CCN(c2ccc(F)cc2F)C1.I. The minimum Gasteiger partial charge on any atom is -0.367 e. The van der Waals surface area contributed by atoms with Crippen LogP contribution in [0.25, 0.3) is 0 Å². The number of nitrogens with zero attached hydrogens (tertiary/aromatic N) is 5. The van der Waals surface area contributed by atoms with Crippen LogP contribution in [0.4, 0.5) is 14.5 Å². The first-order chi connectivity index (χ1) is 12.1. The Bertz CT molecular complexity index is 765. The van der Waals surface area contributed by atoms with Crippen LogP contribution < -0.4 is 15.5 Å². The van der Waals surface area contributed by atoms with E-state index in [1.54, 1.807) is 11.7 Å². The van der Waals surface area contributed by atoms with Crippen LogP contribution in [-0.4, -0.2) is 46.9 Å². The Morgan fingerprint density at radius 1 is 1.38 bits per heavy atom. The van der Waals surface area contributed by atoms with Crippen molar-refractivity contribution < 1.29 is 8.78 Å². The lowest BCUT2D eigenvalue weighted by molar-refractivity contribution is 0.580. The van der Waals surface area contributed by atoms with Crippen molar-refractivity contribution in [1.29, 1.82) is 0 Å². The summed E-state index contributed by atoms with van der Waals surface area (Å²) >= 11 is 0. The Morgan fingerprint density at radius 3 is 2.85 bits per heavy atom. The van der Waals surface area contributed by atoms with Crippen molar-refractivity contribution in [2.45, 2.75) is 19.0 Å². The van der Waals surface area contributed by atoms with Crippen LogP contribution in [0, 0.1) is 11.6 Å². The van der Waals surface area contributed by atoms with Crippen molar-refractivity contribution >= 4 is 35.6 Å². The topological polar surface area (TPSA) is 70.4 Å². The summed E-state index contributed by atoms with van der Waals surface area (Å²) in [5.74, 6) is 0.341. The second-order valence-electron chi connectivity index (χ2n) is 5.90. The van der Waals surface area contributed by atoms with Crippen molar-refractivity contribution in [3.05, 3.63) is 42.0 Å². The summed E-state index contributed by atoms with van der Waals surface area (Å²) in [6, 6.07) is 3.79. The second-order valence-corrected chi connectivity index (χ2v) is 5.90. The summed E-state index contributed by atoms with van der Waals surface area (Å²) in [5.41, 5.74) is 0.424. The van der Waals surface area contributed by atoms with Crippen molar-refractivity contribution in [2.24, 2.45) is 12.0 Å². The quantitative estimate of drug-likeness (QED) is 0.399. The monoisotopic (exact) mass is 477 g/mol. The Morgan fingerprint density at radius 2 is 2.19 bits per heavy atom. The molecule has 0 radical (unpaired) electrons. The molecule has 0 aliphatic carbocycles. The van der Waals surface area contributed by atoms with Gasteiger partial charge < -0.3 is 15.5 Å². The molecule has 2 aromatic rings. The minimum atomic E-state index is -0.566. The van der Waals surface area contributed by atoms with Crippen molar-refractivity contribution in [2.75, 3.05) is 25.0 Å². The zero-order valence-corrected chi connectivity index (χ0v) is 16.9. The Hall–Kier alpha value is -1.98. The molecule has 1 unspecified atom stereocenters. The van der Waals surface area contributed by atoms with Gasteiger partial charge in [0.25, 0.3) is 0 Å². The first-order valence-corrected chi connectivity index (χ1v) is 8.07. The number of halogens is 3. The van der Waals surface area contributed by atoms with E-state index in [0.29, 0.717) is 31.3 Å². The molecule has 1 aliphatic heterocycles. The van der Waals surface area contributed by atoms with Crippen molar-refractivity contribution in [3.63, 3.8) is 0 Å². The summed E-state index contributed by atoms with van der Waals surface area (Å²) in [6.45, 7) is 1.81. The van der Waals surface area contributed by atoms with E-state index in [1.807, 2.05) is 11.9 Å². The molecular weight excluding hydrogens is 455 g/mol. The molecule has 142 valence electrons. The third-order valence-corrected chi connectivity index (χ3v) is 4.22. The smallest absolute Gasteiger partial charge is 0.191 e. The summed E-state index contributed by atoms with van der Waals surface area (Å²) in [7, 11) is 3.52. The predicted octanol–water partition coefficient (Wildman–Crippen LogP) is 1.66. The summed E-state index contributed by atoms with van der Waals surface area (Å²) < 4.78 is 28.7. The number of aliphatic imine (C=N–C) groups is 1. The Labute approximate surface area is 167 Å². The lowest BCUT2D eigenvalue weighted by atomic mass is 10.2.